The van der Waals surface area contributed by atoms with Crippen LogP contribution in [0.25, 0.3) is 0 Å². The number of nitrogens with one attached hydrogen (secondary N) is 2. The molecule has 0 spiro atoms. The number of urea groups is 1. The second-order valence-corrected chi connectivity index (χ2v) is 7.74. The minimum absolute atomic E-state index is 0.278. The number of thiophene rings is 1. The van der Waals surface area contributed by atoms with Crippen LogP contribution in [0, 0.1) is 6.92 Å². The predicted molar refractivity (Wildman–Crippen MR) is 116 cm³/mol. The summed E-state index contributed by atoms with van der Waals surface area (Å²) >= 11 is 3.01. The molecule has 0 atom stereocenters. The van der Waals surface area contributed by atoms with E-state index in [4.69, 9.17) is 0 Å². The summed E-state index contributed by atoms with van der Waals surface area (Å²) in [5, 5.41) is 11.2. The average Bonchev–Trinajstić information content (AvgIpc) is 3.40. The van der Waals surface area contributed by atoms with E-state index >= 15 is 0 Å². The molecule has 8 heteroatoms. The summed E-state index contributed by atoms with van der Waals surface area (Å²) in [6.07, 6.45) is 5.31. The normalized spacial score (nSPS) is 10.5. The van der Waals surface area contributed by atoms with E-state index in [2.05, 4.69) is 20.6 Å². The largest absolute Gasteiger partial charge is 0.324 e. The first-order valence-electron chi connectivity index (χ1n) is 8.52. The Hall–Kier alpha value is -3.23. The zero-order valence-electron chi connectivity index (χ0n) is 15.0. The number of anilines is 5. The highest BCUT2D eigenvalue weighted by Gasteiger charge is 2.17. The number of amides is 2. The van der Waals surface area contributed by atoms with Gasteiger partial charge in [-0.25, -0.2) is 9.78 Å². The Kier molecular flexibility index (Phi) is 5.31. The Morgan fingerprint density at radius 3 is 2.68 bits per heavy atom. The van der Waals surface area contributed by atoms with Crippen molar-refractivity contribution in [3.05, 3.63) is 77.4 Å². The van der Waals surface area contributed by atoms with Crippen molar-refractivity contribution in [2.75, 3.05) is 15.5 Å². The lowest BCUT2D eigenvalue weighted by molar-refractivity contribution is 0.262. The molecule has 0 aliphatic carbocycles. The van der Waals surface area contributed by atoms with Gasteiger partial charge in [0.2, 0.25) is 0 Å². The summed E-state index contributed by atoms with van der Waals surface area (Å²) in [5.74, 6) is 0. The molecule has 3 aromatic heterocycles. The fraction of sp³-hybridized carbons (Fsp3) is 0.0500. The van der Waals surface area contributed by atoms with Crippen LogP contribution >= 0.6 is 22.7 Å². The van der Waals surface area contributed by atoms with Gasteiger partial charge >= 0.3 is 6.03 Å². The molecule has 0 fully saturated rings. The van der Waals surface area contributed by atoms with Crippen molar-refractivity contribution in [3.63, 3.8) is 0 Å². The molecule has 2 N–H and O–H groups in total. The van der Waals surface area contributed by atoms with Gasteiger partial charge in [0.25, 0.3) is 0 Å². The third kappa shape index (κ3) is 4.03. The van der Waals surface area contributed by atoms with Gasteiger partial charge in [0.1, 0.15) is 0 Å². The number of thiazole rings is 1. The zero-order chi connectivity index (χ0) is 19.3. The fourth-order valence-corrected chi connectivity index (χ4v) is 4.00. The lowest BCUT2D eigenvalue weighted by Gasteiger charge is -2.24. The molecule has 0 aliphatic heterocycles. The zero-order valence-corrected chi connectivity index (χ0v) is 16.6. The van der Waals surface area contributed by atoms with Crippen LogP contribution in [0.15, 0.2) is 71.8 Å². The SMILES string of the molecule is Cc1ccc(NC(=O)Nc2cccs2)cc1N(c1cccnc1)c1nccs1. The summed E-state index contributed by atoms with van der Waals surface area (Å²) in [6.45, 7) is 2.03. The predicted octanol–water partition coefficient (Wildman–Crippen LogP) is 6.02. The fourth-order valence-electron chi connectivity index (χ4n) is 2.72. The van der Waals surface area contributed by atoms with E-state index in [1.807, 2.05) is 65.0 Å². The molecule has 1 aromatic carbocycles. The van der Waals surface area contributed by atoms with Crippen LogP contribution in [0.2, 0.25) is 0 Å². The molecule has 0 unspecified atom stereocenters. The minimum Gasteiger partial charge on any atom is -0.308 e. The Labute approximate surface area is 170 Å². The molecule has 0 saturated heterocycles. The number of benzene rings is 1. The summed E-state index contributed by atoms with van der Waals surface area (Å²) in [5.41, 5.74) is 3.58. The van der Waals surface area contributed by atoms with Gasteiger partial charge in [-0.1, -0.05) is 6.07 Å². The maximum Gasteiger partial charge on any atom is 0.324 e. The number of hydrogen-bond donors (Lipinski definition) is 2. The monoisotopic (exact) mass is 407 g/mol. The van der Waals surface area contributed by atoms with E-state index in [1.54, 1.807) is 29.9 Å². The molecular formula is C20H17N5OS2. The molecule has 0 radical (unpaired) electrons. The van der Waals surface area contributed by atoms with Crippen LogP contribution < -0.4 is 15.5 Å². The topological polar surface area (TPSA) is 70.2 Å². The summed E-state index contributed by atoms with van der Waals surface area (Å²) < 4.78 is 0. The molecule has 28 heavy (non-hydrogen) atoms. The van der Waals surface area contributed by atoms with Crippen LogP contribution in [-0.2, 0) is 0 Å². The van der Waals surface area contributed by atoms with E-state index < -0.39 is 0 Å². The van der Waals surface area contributed by atoms with E-state index in [-0.39, 0.29) is 6.03 Å². The van der Waals surface area contributed by atoms with Gasteiger partial charge in [-0.2, -0.15) is 0 Å². The first kappa shape index (κ1) is 18.1. The van der Waals surface area contributed by atoms with Crippen LogP contribution in [0.1, 0.15) is 5.56 Å². The maximum atomic E-state index is 12.3. The van der Waals surface area contributed by atoms with Crippen molar-refractivity contribution < 1.29 is 4.79 Å². The summed E-state index contributed by atoms with van der Waals surface area (Å²) in [7, 11) is 0. The van der Waals surface area contributed by atoms with Gasteiger partial charge in [-0.05, 0) is 54.3 Å². The molecular weight excluding hydrogens is 390 g/mol. The van der Waals surface area contributed by atoms with Gasteiger partial charge < -0.3 is 5.32 Å². The summed E-state index contributed by atoms with van der Waals surface area (Å²) in [4.78, 5) is 23.0. The molecule has 0 saturated carbocycles. The number of hydrogen-bond acceptors (Lipinski definition) is 6. The number of aryl methyl sites for hydroxylation is 1. The number of carbonyl (C=O) groups is 1. The van der Waals surface area contributed by atoms with Crippen LogP contribution in [-0.4, -0.2) is 16.0 Å². The number of rotatable bonds is 5. The second kappa shape index (κ2) is 8.20. The van der Waals surface area contributed by atoms with Gasteiger partial charge in [0, 0.05) is 23.5 Å². The van der Waals surface area contributed by atoms with Gasteiger partial charge in [-0.15, -0.1) is 22.7 Å². The molecule has 4 rings (SSSR count). The molecule has 0 aliphatic rings. The number of pyridine rings is 1. The molecule has 3 heterocycles. The van der Waals surface area contributed by atoms with E-state index in [0.717, 1.165) is 27.1 Å². The molecule has 4 aromatic rings. The minimum atomic E-state index is -0.278. The van der Waals surface area contributed by atoms with E-state index in [0.29, 0.717) is 5.69 Å². The maximum absolute atomic E-state index is 12.3. The highest BCUT2D eigenvalue weighted by atomic mass is 32.1. The van der Waals surface area contributed by atoms with Crippen molar-refractivity contribution in [3.8, 4) is 0 Å². The third-order valence-corrected chi connectivity index (χ3v) is 5.52. The Morgan fingerprint density at radius 2 is 1.96 bits per heavy atom. The lowest BCUT2D eigenvalue weighted by Crippen LogP contribution is -2.19. The first-order valence-corrected chi connectivity index (χ1v) is 10.3. The van der Waals surface area contributed by atoms with Gasteiger partial charge in [0.05, 0.1) is 22.6 Å². The standard InChI is InChI=1S/C20H17N5OS2/c1-14-6-7-15(23-19(26)24-18-5-3-10-27-18)12-17(14)25(20-22-9-11-28-20)16-4-2-8-21-13-16/h2-13H,1H3,(H2,23,24,26). The first-order chi connectivity index (χ1) is 13.7. The van der Waals surface area contributed by atoms with Crippen LogP contribution in [0.5, 0.6) is 0 Å². The smallest absolute Gasteiger partial charge is 0.308 e. The van der Waals surface area contributed by atoms with Crippen molar-refractivity contribution in [1.29, 1.82) is 0 Å². The molecule has 0 bridgehead atoms. The summed E-state index contributed by atoms with van der Waals surface area (Å²) in [6, 6.07) is 13.2. The lowest BCUT2D eigenvalue weighted by atomic mass is 10.1. The quantitative estimate of drug-likeness (QED) is 0.424. The molecule has 6 nitrogen and oxygen atoms in total. The highest BCUT2D eigenvalue weighted by molar-refractivity contribution is 7.14. The third-order valence-electron chi connectivity index (χ3n) is 3.98. The second-order valence-electron chi connectivity index (χ2n) is 5.92. The van der Waals surface area contributed by atoms with Crippen LogP contribution in [0.4, 0.5) is 32.0 Å². The van der Waals surface area contributed by atoms with Crippen molar-refractivity contribution in [2.45, 2.75) is 6.92 Å². The molecule has 140 valence electrons. The van der Waals surface area contributed by atoms with E-state index in [9.17, 15) is 4.79 Å². The van der Waals surface area contributed by atoms with E-state index in [1.165, 1.54) is 11.3 Å². The Morgan fingerprint density at radius 1 is 1.04 bits per heavy atom. The van der Waals surface area contributed by atoms with Crippen molar-refractivity contribution in [2.24, 2.45) is 0 Å². The number of carbonyl (C=O) groups excluding carboxylic acids is 1. The van der Waals surface area contributed by atoms with Crippen LogP contribution in [0.3, 0.4) is 0 Å². The average molecular weight is 408 g/mol. The van der Waals surface area contributed by atoms with Crippen molar-refractivity contribution >= 4 is 55.9 Å². The van der Waals surface area contributed by atoms with Gasteiger partial charge in [0.15, 0.2) is 5.13 Å². The molecule has 2 amide bonds. The highest BCUT2D eigenvalue weighted by Crippen LogP contribution is 2.38. The number of aromatic nitrogens is 2. The Bertz CT molecular complexity index is 1050. The van der Waals surface area contributed by atoms with Gasteiger partial charge in [-0.3, -0.25) is 15.2 Å². The number of nitrogens with zero attached hydrogens (tertiary/aromatic N) is 3. The Balaban J connectivity index is 1.66. The van der Waals surface area contributed by atoms with Crippen molar-refractivity contribution in [1.82, 2.24) is 9.97 Å².